The zero-order valence-corrected chi connectivity index (χ0v) is 29.9. The fraction of sp³-hybridized carbons (Fsp3) is 0.289. The van der Waals surface area contributed by atoms with E-state index in [2.05, 4.69) is 10.3 Å². The number of carbonyl (C=O) groups excluding carboxylic acids is 3. The Labute approximate surface area is 300 Å². The van der Waals surface area contributed by atoms with E-state index < -0.39 is 11.7 Å². The van der Waals surface area contributed by atoms with Crippen LogP contribution in [0.2, 0.25) is 10.0 Å². The number of nitrogens with one attached hydrogen (secondary N) is 1. The fourth-order valence-corrected chi connectivity index (χ4v) is 6.83. The van der Waals surface area contributed by atoms with Crippen molar-refractivity contribution >= 4 is 52.4 Å². The molecule has 5 aromatic rings. The number of amides is 2. The summed E-state index contributed by atoms with van der Waals surface area (Å²) in [6.45, 7) is 5.87. The molecule has 0 unspecified atom stereocenters. The summed E-state index contributed by atoms with van der Waals surface area (Å²) in [5.74, 6) is 0.292. The van der Waals surface area contributed by atoms with Crippen LogP contribution in [-0.4, -0.2) is 63.0 Å². The number of benzene rings is 2. The summed E-state index contributed by atoms with van der Waals surface area (Å²) in [5, 5.41) is 4.64. The molecule has 0 aliphatic carbocycles. The predicted octanol–water partition coefficient (Wildman–Crippen LogP) is 8.11. The summed E-state index contributed by atoms with van der Waals surface area (Å²) in [7, 11) is 3.41. The van der Waals surface area contributed by atoms with Crippen LogP contribution in [0.25, 0.3) is 44.5 Å². The number of halogens is 2. The van der Waals surface area contributed by atoms with Gasteiger partial charge in [0.25, 0.3) is 0 Å². The van der Waals surface area contributed by atoms with Crippen molar-refractivity contribution in [2.45, 2.75) is 51.8 Å². The monoisotopic (exact) mass is 713 g/mol. The normalized spacial score (nSPS) is 14.5. The minimum Gasteiger partial charge on any atom is -0.481 e. The molecule has 2 aromatic carbocycles. The number of pyridine rings is 2. The fourth-order valence-electron chi connectivity index (χ4n) is 6.18. The zero-order chi connectivity index (χ0) is 35.7. The summed E-state index contributed by atoms with van der Waals surface area (Å²) in [4.78, 5) is 47.6. The zero-order valence-electron chi connectivity index (χ0n) is 28.4. The van der Waals surface area contributed by atoms with Crippen molar-refractivity contribution in [1.29, 1.82) is 0 Å². The van der Waals surface area contributed by atoms with E-state index in [0.29, 0.717) is 68.0 Å². The number of fused-ring (bicyclic) bond motifs is 1. The van der Waals surface area contributed by atoms with E-state index in [1.165, 1.54) is 7.11 Å². The van der Waals surface area contributed by atoms with E-state index in [9.17, 15) is 14.4 Å². The van der Waals surface area contributed by atoms with Gasteiger partial charge in [0.15, 0.2) is 6.29 Å². The maximum Gasteiger partial charge on any atom is 0.410 e. The number of aldehydes is 1. The number of hydrogen-bond donors (Lipinski definition) is 1. The summed E-state index contributed by atoms with van der Waals surface area (Å²) in [6, 6.07) is 16.7. The number of methoxy groups -OCH3 is 1. The lowest BCUT2D eigenvalue weighted by atomic mass is 9.99. The van der Waals surface area contributed by atoms with Crippen LogP contribution in [0.5, 0.6) is 5.88 Å². The average molecular weight is 715 g/mol. The van der Waals surface area contributed by atoms with Crippen molar-refractivity contribution in [3.63, 3.8) is 0 Å². The van der Waals surface area contributed by atoms with Gasteiger partial charge in [-0.2, -0.15) is 0 Å². The van der Waals surface area contributed by atoms with Crippen LogP contribution in [0.1, 0.15) is 49.5 Å². The number of nitrogens with zero attached hydrogens (tertiary/aromatic N) is 4. The van der Waals surface area contributed by atoms with Gasteiger partial charge in [-0.25, -0.2) is 9.78 Å². The second kappa shape index (κ2) is 14.1. The first-order valence-electron chi connectivity index (χ1n) is 16.2. The Bertz CT molecular complexity index is 2120. The van der Waals surface area contributed by atoms with E-state index in [1.807, 2.05) is 87.0 Å². The van der Waals surface area contributed by atoms with Crippen LogP contribution < -0.4 is 10.1 Å². The quantitative estimate of drug-likeness (QED) is 0.153. The number of aryl methyl sites for hydroxylation is 1. The first kappa shape index (κ1) is 34.9. The van der Waals surface area contributed by atoms with Crippen molar-refractivity contribution in [3.05, 3.63) is 88.2 Å². The third kappa shape index (κ3) is 7.18. The number of ether oxygens (including phenoxy) is 2. The number of hydrogen-bond acceptors (Lipinski definition) is 7. The molecule has 6 rings (SSSR count). The molecule has 50 heavy (non-hydrogen) atoms. The van der Waals surface area contributed by atoms with E-state index in [-0.39, 0.29) is 25.0 Å². The SMILES string of the molecule is COc1nc(-c2cccc(-c3ccnc(-c4ccc5c(C=O)cn(C)c5c4)c3Cl)c2Cl)ccc1CN(C[C@@H]1CCC(=O)N1)C(=O)OC(C)(C)C. The molecular weight excluding hydrogens is 677 g/mol. The molecule has 10 nitrogen and oxygen atoms in total. The summed E-state index contributed by atoms with van der Waals surface area (Å²) in [5.41, 5.74) is 5.46. The first-order chi connectivity index (χ1) is 23.9. The molecule has 0 spiro atoms. The summed E-state index contributed by atoms with van der Waals surface area (Å²) < 4.78 is 13.3. The molecule has 4 heterocycles. The third-order valence-corrected chi connectivity index (χ3v) is 9.34. The molecule has 1 N–H and O–H groups in total. The van der Waals surface area contributed by atoms with Gasteiger partial charge in [-0.05, 0) is 51.5 Å². The topological polar surface area (TPSA) is 116 Å². The lowest BCUT2D eigenvalue weighted by molar-refractivity contribution is -0.119. The molecule has 1 aliphatic heterocycles. The minimum atomic E-state index is -0.697. The minimum absolute atomic E-state index is 0.0334. The lowest BCUT2D eigenvalue weighted by Crippen LogP contribution is -2.43. The van der Waals surface area contributed by atoms with Gasteiger partial charge in [0, 0.05) is 82.7 Å². The molecule has 0 bridgehead atoms. The molecule has 1 saturated heterocycles. The molecule has 1 aliphatic rings. The van der Waals surface area contributed by atoms with Gasteiger partial charge < -0.3 is 24.3 Å². The van der Waals surface area contributed by atoms with Crippen LogP contribution >= 0.6 is 23.2 Å². The Kier molecular flexibility index (Phi) is 9.87. The molecule has 12 heteroatoms. The Morgan fingerprint density at radius 2 is 1.84 bits per heavy atom. The highest BCUT2D eigenvalue weighted by molar-refractivity contribution is 6.39. The van der Waals surface area contributed by atoms with Crippen molar-refractivity contribution in [1.82, 2.24) is 24.8 Å². The highest BCUT2D eigenvalue weighted by Crippen LogP contribution is 2.42. The highest BCUT2D eigenvalue weighted by atomic mass is 35.5. The van der Waals surface area contributed by atoms with Crippen LogP contribution in [0, 0.1) is 0 Å². The molecule has 0 saturated carbocycles. The largest absolute Gasteiger partial charge is 0.481 e. The van der Waals surface area contributed by atoms with E-state index >= 15 is 0 Å². The molecule has 1 fully saturated rings. The summed E-state index contributed by atoms with van der Waals surface area (Å²) >= 11 is 14.1. The second-order valence-electron chi connectivity index (χ2n) is 13.3. The predicted molar refractivity (Wildman–Crippen MR) is 195 cm³/mol. The summed E-state index contributed by atoms with van der Waals surface area (Å²) in [6.07, 6.45) is 4.89. The average Bonchev–Trinajstić information content (AvgIpc) is 3.65. The maximum absolute atomic E-state index is 13.2. The van der Waals surface area contributed by atoms with Crippen LogP contribution in [0.4, 0.5) is 4.79 Å². The highest BCUT2D eigenvalue weighted by Gasteiger charge is 2.29. The van der Waals surface area contributed by atoms with Crippen molar-refractivity contribution in [3.8, 4) is 39.5 Å². The Morgan fingerprint density at radius 1 is 1.08 bits per heavy atom. The van der Waals surface area contributed by atoms with Crippen LogP contribution in [0.15, 0.2) is 67.0 Å². The van der Waals surface area contributed by atoms with Gasteiger partial charge >= 0.3 is 6.09 Å². The molecule has 1 atom stereocenters. The molecular formula is C38H37Cl2N5O5. The number of carbonyl (C=O) groups is 3. The number of aromatic nitrogens is 3. The van der Waals surface area contributed by atoms with Gasteiger partial charge in [0.05, 0.1) is 35.1 Å². The first-order valence-corrected chi connectivity index (χ1v) is 16.9. The van der Waals surface area contributed by atoms with Gasteiger partial charge in [0.2, 0.25) is 11.8 Å². The standard InChI is InChI=1S/C38H37Cl2N5O5/c1-38(2,3)50-37(48)45(20-25-11-14-32(47)42-25)19-23-10-13-30(43-36(23)49-5)29-8-6-7-27(33(29)39)28-15-16-41-35(34(28)40)22-9-12-26-24(21-46)18-44(4)31(26)17-22/h6-10,12-13,15-18,21,25H,11,14,19-20H2,1-5H3,(H,42,47)/t25-/m0/s1. The van der Waals surface area contributed by atoms with Crippen LogP contribution in [-0.2, 0) is 23.1 Å². The van der Waals surface area contributed by atoms with E-state index in [1.54, 1.807) is 17.3 Å². The Balaban J connectivity index is 1.32. The van der Waals surface area contributed by atoms with Gasteiger partial charge in [-0.1, -0.05) is 53.5 Å². The van der Waals surface area contributed by atoms with Crippen molar-refractivity contribution in [2.75, 3.05) is 13.7 Å². The van der Waals surface area contributed by atoms with Crippen molar-refractivity contribution in [2.24, 2.45) is 7.05 Å². The molecule has 258 valence electrons. The van der Waals surface area contributed by atoms with Gasteiger partial charge in [-0.15, -0.1) is 0 Å². The van der Waals surface area contributed by atoms with E-state index in [0.717, 1.165) is 22.8 Å². The Hall–Kier alpha value is -4.93. The second-order valence-corrected chi connectivity index (χ2v) is 14.0. The van der Waals surface area contributed by atoms with Gasteiger partial charge in [0.1, 0.15) is 5.60 Å². The Morgan fingerprint density at radius 3 is 2.54 bits per heavy atom. The molecule has 3 aromatic heterocycles. The van der Waals surface area contributed by atoms with Crippen LogP contribution in [0.3, 0.4) is 0 Å². The van der Waals surface area contributed by atoms with E-state index in [4.69, 9.17) is 37.7 Å². The molecule has 2 amide bonds. The maximum atomic E-state index is 13.2. The third-order valence-electron chi connectivity index (χ3n) is 8.55. The van der Waals surface area contributed by atoms with Crippen molar-refractivity contribution < 1.29 is 23.9 Å². The number of rotatable bonds is 9. The molecule has 0 radical (unpaired) electrons. The lowest BCUT2D eigenvalue weighted by Gasteiger charge is -2.29. The smallest absolute Gasteiger partial charge is 0.410 e. The van der Waals surface area contributed by atoms with Gasteiger partial charge in [-0.3, -0.25) is 14.6 Å².